The van der Waals surface area contributed by atoms with Gasteiger partial charge in [-0.05, 0) is 23.8 Å². The van der Waals surface area contributed by atoms with Gasteiger partial charge in [0, 0.05) is 24.2 Å². The number of hydrogen-bond donors (Lipinski definition) is 0. The van der Waals surface area contributed by atoms with Crippen LogP contribution >= 0.6 is 34.8 Å². The molecule has 7 heteroatoms. The van der Waals surface area contributed by atoms with E-state index >= 15 is 0 Å². The molecule has 1 aliphatic heterocycles. The van der Waals surface area contributed by atoms with Crippen LogP contribution in [0.25, 0.3) is 0 Å². The predicted molar refractivity (Wildman–Crippen MR) is 88.1 cm³/mol. The van der Waals surface area contributed by atoms with Gasteiger partial charge < -0.3 is 9.47 Å². The standard InChI is InChI=1S/C16H13Cl3FNO2/c17-16(18,19)9-15(10-22-15)12-2-1-3-13(6-12)23-14-5-4-11(7-20)8-21-14/h1-6,8H,7,9-10H2. The van der Waals surface area contributed by atoms with Crippen LogP contribution in [-0.4, -0.2) is 15.4 Å². The van der Waals surface area contributed by atoms with Gasteiger partial charge in [-0.25, -0.2) is 9.37 Å². The summed E-state index contributed by atoms with van der Waals surface area (Å²) in [7, 11) is 0. The van der Waals surface area contributed by atoms with Gasteiger partial charge in [0.05, 0.1) is 6.61 Å². The maximum Gasteiger partial charge on any atom is 0.219 e. The molecule has 2 aromatic rings. The zero-order chi connectivity index (χ0) is 16.5. The van der Waals surface area contributed by atoms with Gasteiger partial charge in [-0.1, -0.05) is 46.9 Å². The Balaban J connectivity index is 1.77. The molecule has 1 fully saturated rings. The normalized spacial score (nSPS) is 20.3. The third-order valence-corrected chi connectivity index (χ3v) is 3.91. The molecule has 0 spiro atoms. The summed E-state index contributed by atoms with van der Waals surface area (Å²) >= 11 is 17.7. The van der Waals surface area contributed by atoms with E-state index in [2.05, 4.69) is 4.98 Å². The minimum Gasteiger partial charge on any atom is -0.439 e. The average Bonchev–Trinajstić information content (AvgIpc) is 3.27. The molecule has 1 aliphatic rings. The highest BCUT2D eigenvalue weighted by molar-refractivity contribution is 6.67. The van der Waals surface area contributed by atoms with E-state index in [9.17, 15) is 4.39 Å². The first-order chi connectivity index (χ1) is 10.9. The molecular formula is C16H13Cl3FNO2. The van der Waals surface area contributed by atoms with Crippen LogP contribution in [0.4, 0.5) is 4.39 Å². The summed E-state index contributed by atoms with van der Waals surface area (Å²) in [6.07, 6.45) is 1.70. The number of epoxide rings is 1. The fourth-order valence-corrected chi connectivity index (χ4v) is 2.94. The van der Waals surface area contributed by atoms with Crippen molar-refractivity contribution in [1.29, 1.82) is 0 Å². The third-order valence-electron chi connectivity index (χ3n) is 3.51. The Morgan fingerprint density at radius 2 is 2.04 bits per heavy atom. The lowest BCUT2D eigenvalue weighted by Gasteiger charge is -2.18. The van der Waals surface area contributed by atoms with Crippen LogP contribution in [0.1, 0.15) is 17.5 Å². The third kappa shape index (κ3) is 4.27. The number of halogens is 4. The largest absolute Gasteiger partial charge is 0.439 e. The van der Waals surface area contributed by atoms with Gasteiger partial charge in [-0.3, -0.25) is 0 Å². The molecule has 0 N–H and O–H groups in total. The van der Waals surface area contributed by atoms with Crippen LogP contribution in [0, 0.1) is 0 Å². The monoisotopic (exact) mass is 375 g/mol. The number of ether oxygens (including phenoxy) is 2. The summed E-state index contributed by atoms with van der Waals surface area (Å²) in [4.78, 5) is 4.05. The van der Waals surface area contributed by atoms with E-state index in [0.29, 0.717) is 23.8 Å². The van der Waals surface area contributed by atoms with E-state index in [4.69, 9.17) is 44.3 Å². The van der Waals surface area contributed by atoms with Gasteiger partial charge in [0.25, 0.3) is 0 Å². The Morgan fingerprint density at radius 3 is 2.61 bits per heavy atom. The summed E-state index contributed by atoms with van der Waals surface area (Å²) in [5, 5.41) is 0. The molecule has 1 saturated heterocycles. The molecule has 1 aromatic carbocycles. The second-order valence-corrected chi connectivity index (χ2v) is 7.86. The van der Waals surface area contributed by atoms with E-state index < -0.39 is 16.1 Å². The van der Waals surface area contributed by atoms with Crippen LogP contribution in [-0.2, 0) is 17.0 Å². The van der Waals surface area contributed by atoms with E-state index in [1.165, 1.54) is 6.20 Å². The Hall–Kier alpha value is -1.07. The second-order valence-electron chi connectivity index (χ2n) is 5.34. The summed E-state index contributed by atoms with van der Waals surface area (Å²) in [5.41, 5.74) is 0.789. The highest BCUT2D eigenvalue weighted by Crippen LogP contribution is 2.50. The molecule has 1 unspecified atom stereocenters. The maximum atomic E-state index is 12.5. The van der Waals surface area contributed by atoms with Crippen molar-refractivity contribution in [1.82, 2.24) is 4.98 Å². The molecular weight excluding hydrogens is 364 g/mol. The van der Waals surface area contributed by atoms with Crippen molar-refractivity contribution in [2.75, 3.05) is 6.61 Å². The fraction of sp³-hybridized carbons (Fsp3) is 0.312. The number of benzene rings is 1. The summed E-state index contributed by atoms with van der Waals surface area (Å²) < 4.78 is 22.3. The highest BCUT2D eigenvalue weighted by Gasteiger charge is 2.51. The van der Waals surface area contributed by atoms with E-state index in [1.54, 1.807) is 18.2 Å². The zero-order valence-corrected chi connectivity index (χ0v) is 14.2. The molecule has 1 aromatic heterocycles. The number of rotatable bonds is 5. The van der Waals surface area contributed by atoms with Crippen LogP contribution in [0.2, 0.25) is 0 Å². The van der Waals surface area contributed by atoms with Crippen molar-refractivity contribution in [2.24, 2.45) is 0 Å². The zero-order valence-electron chi connectivity index (χ0n) is 11.9. The first-order valence-electron chi connectivity index (χ1n) is 6.90. The van der Waals surface area contributed by atoms with Gasteiger partial charge >= 0.3 is 0 Å². The van der Waals surface area contributed by atoms with Crippen molar-refractivity contribution in [3.63, 3.8) is 0 Å². The van der Waals surface area contributed by atoms with E-state index in [-0.39, 0.29) is 6.42 Å². The molecule has 3 rings (SSSR count). The molecule has 0 aliphatic carbocycles. The lowest BCUT2D eigenvalue weighted by molar-refractivity contribution is 0.294. The molecule has 1 atom stereocenters. The Bertz CT molecular complexity index is 684. The van der Waals surface area contributed by atoms with Crippen molar-refractivity contribution in [3.8, 4) is 11.6 Å². The van der Waals surface area contributed by atoms with Crippen LogP contribution in [0.3, 0.4) is 0 Å². The number of aromatic nitrogens is 1. The first-order valence-corrected chi connectivity index (χ1v) is 8.04. The van der Waals surface area contributed by atoms with Crippen molar-refractivity contribution >= 4 is 34.8 Å². The van der Waals surface area contributed by atoms with Gasteiger partial charge in [-0.15, -0.1) is 0 Å². The highest BCUT2D eigenvalue weighted by atomic mass is 35.6. The van der Waals surface area contributed by atoms with E-state index in [1.807, 2.05) is 18.2 Å². The van der Waals surface area contributed by atoms with Gasteiger partial charge in [0.2, 0.25) is 5.88 Å². The minimum atomic E-state index is -1.39. The van der Waals surface area contributed by atoms with Crippen molar-refractivity contribution in [3.05, 3.63) is 53.7 Å². The number of hydrogen-bond acceptors (Lipinski definition) is 3. The smallest absolute Gasteiger partial charge is 0.219 e. The molecule has 0 amide bonds. The molecule has 2 heterocycles. The summed E-state index contributed by atoms with van der Waals surface area (Å²) in [6, 6.07) is 10.6. The molecule has 0 bridgehead atoms. The van der Waals surface area contributed by atoms with Crippen LogP contribution in [0.15, 0.2) is 42.6 Å². The molecule has 3 nitrogen and oxygen atoms in total. The fourth-order valence-electron chi connectivity index (χ4n) is 2.30. The second kappa shape index (κ2) is 6.44. The number of alkyl halides is 4. The maximum absolute atomic E-state index is 12.5. The molecule has 23 heavy (non-hydrogen) atoms. The Kier molecular flexibility index (Phi) is 4.70. The first kappa shape index (κ1) is 16.8. The lowest BCUT2D eigenvalue weighted by atomic mass is 9.97. The van der Waals surface area contributed by atoms with E-state index in [0.717, 1.165) is 5.56 Å². The van der Waals surface area contributed by atoms with Crippen LogP contribution < -0.4 is 4.74 Å². The molecule has 0 radical (unpaired) electrons. The Labute approximate surface area is 148 Å². The summed E-state index contributed by atoms with van der Waals surface area (Å²) in [5.74, 6) is 0.966. The quantitative estimate of drug-likeness (QED) is 0.522. The average molecular weight is 377 g/mol. The minimum absolute atomic E-state index is 0.261. The van der Waals surface area contributed by atoms with Crippen LogP contribution in [0.5, 0.6) is 11.6 Å². The number of pyridine rings is 1. The van der Waals surface area contributed by atoms with Gasteiger partial charge in [0.15, 0.2) is 3.79 Å². The van der Waals surface area contributed by atoms with Crippen molar-refractivity contribution < 1.29 is 13.9 Å². The predicted octanol–water partition coefficient (Wildman–Crippen LogP) is 5.33. The van der Waals surface area contributed by atoms with Gasteiger partial charge in [0.1, 0.15) is 18.0 Å². The molecule has 122 valence electrons. The van der Waals surface area contributed by atoms with Crippen molar-refractivity contribution in [2.45, 2.75) is 22.5 Å². The molecule has 0 saturated carbocycles. The number of nitrogens with zero attached hydrogens (tertiary/aromatic N) is 1. The lowest BCUT2D eigenvalue weighted by Crippen LogP contribution is -2.18. The SMILES string of the molecule is FCc1ccc(Oc2cccc(C3(CC(Cl)(Cl)Cl)CO3)c2)nc1. The summed E-state index contributed by atoms with van der Waals surface area (Å²) in [6.45, 7) is -0.0620. The van der Waals surface area contributed by atoms with Gasteiger partial charge in [-0.2, -0.15) is 0 Å². The Morgan fingerprint density at radius 1 is 1.26 bits per heavy atom. The topological polar surface area (TPSA) is 34.6 Å².